The number of carbonyl (C=O) groups is 1. The quantitative estimate of drug-likeness (QED) is 0.320. The summed E-state index contributed by atoms with van der Waals surface area (Å²) in [5.74, 6) is -0.546. The number of hydrogen-bond acceptors (Lipinski definition) is 2. The molecule has 0 aromatic heterocycles. The van der Waals surface area contributed by atoms with Crippen LogP contribution in [0.3, 0.4) is 0 Å². The maximum Gasteiger partial charge on any atom is 1.00 e. The fourth-order valence-corrected chi connectivity index (χ4v) is 0.465. The number of nitrogens with zero attached hydrogens (tertiary/aromatic N) is 1. The molecule has 0 saturated carbocycles. The van der Waals surface area contributed by atoms with Crippen LogP contribution in [-0.4, -0.2) is 11.8 Å². The topological polar surface area (TPSA) is 52.5 Å². The van der Waals surface area contributed by atoms with Gasteiger partial charge in [-0.1, -0.05) is 0 Å². The van der Waals surface area contributed by atoms with Crippen LogP contribution in [0, 0.1) is 0 Å². The molecule has 1 amide bonds. The summed E-state index contributed by atoms with van der Waals surface area (Å²) in [4.78, 5) is 13.2. The molecule has 0 aromatic rings. The predicted octanol–water partition coefficient (Wildman–Crippen LogP) is -3.93. The Hall–Kier alpha value is 0.776. The molecule has 0 fully saturated rings. The van der Waals surface area contributed by atoms with Gasteiger partial charge in [0.25, 0.3) is 0 Å². The molecule has 0 atom stereocenters. The summed E-state index contributed by atoms with van der Waals surface area (Å²) in [5, 5.41) is 10.1. The van der Waals surface area contributed by atoms with Crippen molar-refractivity contribution in [2.45, 2.75) is 12.8 Å². The Morgan fingerprint density at radius 2 is 2.12 bits per heavy atom. The van der Waals surface area contributed by atoms with Crippen LogP contribution in [0.5, 0.6) is 0 Å². The van der Waals surface area contributed by atoms with Crippen molar-refractivity contribution in [2.24, 2.45) is 4.99 Å². The number of aliphatic imine (C=N–C) groups is 1. The van der Waals surface area contributed by atoms with Gasteiger partial charge in [-0.3, -0.25) is 4.79 Å². The maximum atomic E-state index is 10.1. The van der Waals surface area contributed by atoms with Crippen LogP contribution in [-0.2, 0) is 4.79 Å². The molecule has 3 nitrogen and oxygen atoms in total. The normalized spacial score (nSPS) is 17.5. The Kier molecular flexibility index (Phi) is 4.10. The van der Waals surface area contributed by atoms with E-state index in [4.69, 9.17) is 0 Å². The van der Waals surface area contributed by atoms with Crippen molar-refractivity contribution < 1.29 is 61.3 Å². The smallest absolute Gasteiger partial charge is 0.862 e. The minimum Gasteiger partial charge on any atom is -0.862 e. The molecular weight excluding hydrogens is 133 g/mol. The molecule has 4 heteroatoms. The summed E-state index contributed by atoms with van der Waals surface area (Å²) in [6.07, 6.45) is 0.637. The van der Waals surface area contributed by atoms with Gasteiger partial charge < -0.3 is 5.11 Å². The van der Waals surface area contributed by atoms with Gasteiger partial charge in [0.1, 0.15) is 0 Å². The number of rotatable bonds is 0. The third kappa shape index (κ3) is 2.37. The first-order valence-electron chi connectivity index (χ1n) is 2.06. The van der Waals surface area contributed by atoms with Crippen LogP contribution in [0.1, 0.15) is 12.8 Å². The zero-order chi connectivity index (χ0) is 5.28. The molecule has 1 aliphatic heterocycles. The molecule has 0 bridgehead atoms. The summed E-state index contributed by atoms with van der Waals surface area (Å²) in [7, 11) is 0. The van der Waals surface area contributed by atoms with E-state index in [1.807, 2.05) is 0 Å². The first-order valence-corrected chi connectivity index (χ1v) is 2.06. The SMILES string of the molecule is O=C1CCC([O-])=N1.[K+]. The molecule has 0 aliphatic carbocycles. The van der Waals surface area contributed by atoms with Gasteiger partial charge in [-0.2, -0.15) is 0 Å². The van der Waals surface area contributed by atoms with E-state index < -0.39 is 0 Å². The van der Waals surface area contributed by atoms with E-state index in [1.54, 1.807) is 0 Å². The van der Waals surface area contributed by atoms with Crippen LogP contribution in [0.2, 0.25) is 0 Å². The van der Waals surface area contributed by atoms with Crippen LogP contribution >= 0.6 is 0 Å². The molecule has 1 rings (SSSR count). The molecule has 1 heterocycles. The molecule has 38 valence electrons. The van der Waals surface area contributed by atoms with Gasteiger partial charge in [0.05, 0.1) is 0 Å². The molecule has 1 aliphatic rings. The summed E-state index contributed by atoms with van der Waals surface area (Å²) in [6.45, 7) is 0. The van der Waals surface area contributed by atoms with Crippen molar-refractivity contribution in [3.63, 3.8) is 0 Å². The first-order chi connectivity index (χ1) is 3.29. The molecule has 8 heavy (non-hydrogen) atoms. The number of amides is 1. The third-order valence-corrected chi connectivity index (χ3v) is 0.802. The van der Waals surface area contributed by atoms with Crippen LogP contribution in [0.25, 0.3) is 0 Å². The standard InChI is InChI=1S/C4H5NO2.K/c6-3-1-2-4(7)5-3;/h1-2H2,(H,5,6,7);/q;+1/p-1. The summed E-state index contributed by atoms with van der Waals surface area (Å²) in [5.41, 5.74) is 0. The first kappa shape index (κ1) is 8.78. The second kappa shape index (κ2) is 3.74. The van der Waals surface area contributed by atoms with Gasteiger partial charge >= 0.3 is 51.4 Å². The Morgan fingerprint density at radius 3 is 2.25 bits per heavy atom. The van der Waals surface area contributed by atoms with Gasteiger partial charge in [-0.25, -0.2) is 4.99 Å². The van der Waals surface area contributed by atoms with E-state index >= 15 is 0 Å². The monoisotopic (exact) mass is 137 g/mol. The van der Waals surface area contributed by atoms with Gasteiger partial charge in [-0.15, -0.1) is 0 Å². The molecule has 0 N–H and O–H groups in total. The van der Waals surface area contributed by atoms with Crippen molar-refractivity contribution in [2.75, 3.05) is 0 Å². The summed E-state index contributed by atoms with van der Waals surface area (Å²) in [6, 6.07) is 0. The second-order valence-electron chi connectivity index (χ2n) is 1.40. The summed E-state index contributed by atoms with van der Waals surface area (Å²) < 4.78 is 0. The van der Waals surface area contributed by atoms with Gasteiger partial charge in [0.2, 0.25) is 5.91 Å². The number of carbonyl (C=O) groups excluding carboxylic acids is 1. The molecular formula is C4H4KNO2. The Labute approximate surface area is 89.6 Å². The van der Waals surface area contributed by atoms with Gasteiger partial charge in [0.15, 0.2) is 0 Å². The Morgan fingerprint density at radius 1 is 1.50 bits per heavy atom. The van der Waals surface area contributed by atoms with E-state index in [0.717, 1.165) is 0 Å². The van der Waals surface area contributed by atoms with Crippen LogP contribution in [0.15, 0.2) is 4.99 Å². The predicted molar refractivity (Wildman–Crippen MR) is 21.7 cm³/mol. The second-order valence-corrected chi connectivity index (χ2v) is 1.40. The van der Waals surface area contributed by atoms with E-state index in [9.17, 15) is 9.90 Å². The Bertz CT molecular complexity index is 132. The minimum atomic E-state index is -0.273. The maximum absolute atomic E-state index is 10.1. The average molecular weight is 137 g/mol. The van der Waals surface area contributed by atoms with E-state index in [1.165, 1.54) is 0 Å². The fourth-order valence-electron chi connectivity index (χ4n) is 0.465. The molecule has 0 spiro atoms. The summed E-state index contributed by atoms with van der Waals surface area (Å²) >= 11 is 0. The van der Waals surface area contributed by atoms with Crippen molar-refractivity contribution >= 4 is 11.8 Å². The van der Waals surface area contributed by atoms with Gasteiger partial charge in [0, 0.05) is 6.42 Å². The van der Waals surface area contributed by atoms with Crippen molar-refractivity contribution in [3.05, 3.63) is 0 Å². The molecule has 0 saturated heterocycles. The van der Waals surface area contributed by atoms with E-state index in [0.29, 0.717) is 12.8 Å². The van der Waals surface area contributed by atoms with Crippen LogP contribution < -0.4 is 56.5 Å². The van der Waals surface area contributed by atoms with Gasteiger partial charge in [-0.05, 0) is 12.3 Å². The number of hydrogen-bond donors (Lipinski definition) is 0. The van der Waals surface area contributed by atoms with Crippen molar-refractivity contribution in [3.8, 4) is 0 Å². The van der Waals surface area contributed by atoms with Crippen molar-refractivity contribution in [1.29, 1.82) is 0 Å². The van der Waals surface area contributed by atoms with E-state index in [-0.39, 0.29) is 63.2 Å². The zero-order valence-electron chi connectivity index (χ0n) is 4.68. The van der Waals surface area contributed by atoms with Crippen LogP contribution in [0.4, 0.5) is 0 Å². The minimum absolute atomic E-state index is 0. The fraction of sp³-hybridized carbons (Fsp3) is 0.500. The zero-order valence-corrected chi connectivity index (χ0v) is 7.80. The molecule has 0 unspecified atom stereocenters. The molecule has 0 aromatic carbocycles. The van der Waals surface area contributed by atoms with Crippen molar-refractivity contribution in [1.82, 2.24) is 0 Å². The largest absolute Gasteiger partial charge is 1.00 e. The molecule has 0 radical (unpaired) electrons. The van der Waals surface area contributed by atoms with E-state index in [2.05, 4.69) is 4.99 Å². The Balaban J connectivity index is 0.000000490. The average Bonchev–Trinajstić information content (AvgIpc) is 1.87. The third-order valence-electron chi connectivity index (χ3n) is 0.802.